The Morgan fingerprint density at radius 3 is 2.34 bits per heavy atom. The van der Waals surface area contributed by atoms with Crippen molar-refractivity contribution in [2.45, 2.75) is 32.9 Å². The first-order valence-electron chi connectivity index (χ1n) is 12.0. The Labute approximate surface area is 205 Å². The Bertz CT molecular complexity index is 1670. The van der Waals surface area contributed by atoms with Gasteiger partial charge in [-0.05, 0) is 42.7 Å². The third kappa shape index (κ3) is 4.72. The van der Waals surface area contributed by atoms with Gasteiger partial charge in [0.1, 0.15) is 6.54 Å². The van der Waals surface area contributed by atoms with Gasteiger partial charge in [-0.15, -0.1) is 0 Å². The number of benzene rings is 3. The molecule has 0 N–H and O–H groups in total. The van der Waals surface area contributed by atoms with Crippen LogP contribution in [0.2, 0.25) is 0 Å². The van der Waals surface area contributed by atoms with Crippen LogP contribution in [-0.2, 0) is 23.2 Å². The van der Waals surface area contributed by atoms with E-state index in [1.807, 2.05) is 18.3 Å². The summed E-state index contributed by atoms with van der Waals surface area (Å²) >= 11 is 0. The molecule has 6 heteroatoms. The van der Waals surface area contributed by atoms with E-state index in [9.17, 15) is 13.0 Å². The summed E-state index contributed by atoms with van der Waals surface area (Å²) in [5, 5.41) is 3.66. The normalized spacial score (nSPS) is 12.4. The second-order valence-corrected chi connectivity index (χ2v) is 10.3. The number of aryl methyl sites for hydroxylation is 2. The molecule has 0 atom stereocenters. The van der Waals surface area contributed by atoms with Crippen molar-refractivity contribution in [2.75, 3.05) is 5.75 Å². The molecule has 5 aromatic rings. The van der Waals surface area contributed by atoms with Crippen LogP contribution in [0, 0.1) is 0 Å². The number of pyridine rings is 1. The van der Waals surface area contributed by atoms with Crippen LogP contribution in [0.25, 0.3) is 44.9 Å². The van der Waals surface area contributed by atoms with Crippen LogP contribution in [0.5, 0.6) is 0 Å². The Morgan fingerprint density at radius 1 is 0.829 bits per heavy atom. The summed E-state index contributed by atoms with van der Waals surface area (Å²) in [5.41, 5.74) is 5.88. The van der Waals surface area contributed by atoms with Crippen molar-refractivity contribution in [1.82, 2.24) is 4.57 Å². The van der Waals surface area contributed by atoms with Crippen molar-refractivity contribution in [3.63, 3.8) is 0 Å². The summed E-state index contributed by atoms with van der Waals surface area (Å²) in [6, 6.07) is 25.4. The first kappa shape index (κ1) is 23.3. The molecular weight excluding hydrogens is 456 g/mol. The second-order valence-electron chi connectivity index (χ2n) is 8.79. The first-order chi connectivity index (χ1) is 17.0. The zero-order chi connectivity index (χ0) is 24.4. The molecule has 0 aliphatic heterocycles. The molecule has 5 nitrogen and oxygen atoms in total. The second kappa shape index (κ2) is 9.64. The Kier molecular flexibility index (Phi) is 6.41. The smallest absolute Gasteiger partial charge is 0.213 e. The van der Waals surface area contributed by atoms with E-state index in [1.165, 1.54) is 27.4 Å². The van der Waals surface area contributed by atoms with Gasteiger partial charge in [-0.3, -0.25) is 0 Å². The summed E-state index contributed by atoms with van der Waals surface area (Å²) in [5.74, 6) is -0.313. The predicted octanol–water partition coefficient (Wildman–Crippen LogP) is 5.75. The summed E-state index contributed by atoms with van der Waals surface area (Å²) in [7, 11) is -4.16. The molecule has 0 unspecified atom stereocenters. The van der Waals surface area contributed by atoms with Crippen LogP contribution in [0.3, 0.4) is 0 Å². The average Bonchev–Trinajstić information content (AvgIpc) is 3.19. The van der Waals surface area contributed by atoms with E-state index in [0.717, 1.165) is 23.0 Å². The molecule has 5 rings (SSSR count). The van der Waals surface area contributed by atoms with E-state index in [0.29, 0.717) is 19.4 Å². The summed E-state index contributed by atoms with van der Waals surface area (Å²) in [4.78, 5) is 0. The molecule has 0 spiro atoms. The van der Waals surface area contributed by atoms with Gasteiger partial charge in [-0.1, -0.05) is 54.6 Å². The van der Waals surface area contributed by atoms with Gasteiger partial charge in [-0.25, -0.2) is 8.42 Å². The van der Waals surface area contributed by atoms with Gasteiger partial charge in [0, 0.05) is 52.7 Å². The highest BCUT2D eigenvalue weighted by molar-refractivity contribution is 7.85. The van der Waals surface area contributed by atoms with Gasteiger partial charge in [0.05, 0.1) is 15.5 Å². The Hall–Kier alpha value is -3.48. The average molecular weight is 485 g/mol. The SMILES string of the molecule is CCn1c2ccccc2c2c(/C=C/c3cc[n+](CCCCS(=O)(=O)[O-])c4ccccc34)cccc21. The Morgan fingerprint density at radius 2 is 1.54 bits per heavy atom. The van der Waals surface area contributed by atoms with Gasteiger partial charge < -0.3 is 9.12 Å². The van der Waals surface area contributed by atoms with Crippen LogP contribution in [0.1, 0.15) is 30.9 Å². The number of hydrogen-bond donors (Lipinski definition) is 0. The molecule has 0 saturated heterocycles. The lowest BCUT2D eigenvalue weighted by molar-refractivity contribution is -0.671. The molecule has 2 aromatic heterocycles. The highest BCUT2D eigenvalue weighted by atomic mass is 32.2. The van der Waals surface area contributed by atoms with Crippen molar-refractivity contribution in [1.29, 1.82) is 0 Å². The van der Waals surface area contributed by atoms with Gasteiger partial charge in [0.15, 0.2) is 6.20 Å². The lowest BCUT2D eigenvalue weighted by Gasteiger charge is -2.07. The minimum Gasteiger partial charge on any atom is -0.748 e. The summed E-state index contributed by atoms with van der Waals surface area (Å²) in [6.07, 6.45) is 7.40. The minimum absolute atomic E-state index is 0.313. The molecule has 178 valence electrons. The molecule has 0 bridgehead atoms. The lowest BCUT2D eigenvalue weighted by atomic mass is 10.0. The van der Waals surface area contributed by atoms with Gasteiger partial charge in [0.25, 0.3) is 0 Å². The molecule has 35 heavy (non-hydrogen) atoms. The topological polar surface area (TPSA) is 66.0 Å². The number of aromatic nitrogens is 2. The van der Waals surface area contributed by atoms with E-state index >= 15 is 0 Å². The van der Waals surface area contributed by atoms with E-state index in [-0.39, 0.29) is 5.75 Å². The molecule has 0 aliphatic carbocycles. The van der Waals surface area contributed by atoms with Crippen molar-refractivity contribution < 1.29 is 17.5 Å². The molecule has 0 radical (unpaired) electrons. The summed E-state index contributed by atoms with van der Waals surface area (Å²) < 4.78 is 37.2. The maximum absolute atomic E-state index is 10.9. The zero-order valence-corrected chi connectivity index (χ0v) is 20.5. The van der Waals surface area contributed by atoms with E-state index in [2.05, 4.69) is 88.9 Å². The molecule has 0 fully saturated rings. The molecular formula is C29H28N2O3S. The van der Waals surface area contributed by atoms with E-state index in [4.69, 9.17) is 0 Å². The van der Waals surface area contributed by atoms with E-state index in [1.54, 1.807) is 0 Å². The quantitative estimate of drug-likeness (QED) is 0.160. The van der Waals surface area contributed by atoms with Crippen LogP contribution in [-0.4, -0.2) is 23.3 Å². The summed E-state index contributed by atoms with van der Waals surface area (Å²) in [6.45, 7) is 3.76. The number of hydrogen-bond acceptors (Lipinski definition) is 3. The van der Waals surface area contributed by atoms with E-state index < -0.39 is 10.1 Å². The maximum Gasteiger partial charge on any atom is 0.213 e. The van der Waals surface area contributed by atoms with Gasteiger partial charge in [0.2, 0.25) is 5.52 Å². The molecule has 3 aromatic carbocycles. The number of fused-ring (bicyclic) bond motifs is 4. The van der Waals surface area contributed by atoms with Crippen LogP contribution in [0.4, 0.5) is 0 Å². The fourth-order valence-electron chi connectivity index (χ4n) is 5.00. The Balaban J connectivity index is 1.51. The molecule has 0 amide bonds. The number of unbranched alkanes of at least 4 members (excludes halogenated alkanes) is 1. The van der Waals surface area contributed by atoms with Crippen molar-refractivity contribution >= 4 is 55.0 Å². The highest BCUT2D eigenvalue weighted by Crippen LogP contribution is 2.32. The van der Waals surface area contributed by atoms with Gasteiger partial charge >= 0.3 is 0 Å². The minimum atomic E-state index is -4.16. The third-order valence-corrected chi connectivity index (χ3v) is 7.38. The largest absolute Gasteiger partial charge is 0.748 e. The standard InChI is InChI=1S/C29H28N2O3S/c1-2-31-27-14-6-4-12-25(27)29-23(10-9-15-28(29)31)17-16-22-18-20-30(19-7-8-21-35(32,33)34)26-13-5-3-11-24(22)26/h3-6,9-18,20H,2,7-8,19,21H2,1H3. The number of rotatable bonds is 8. The lowest BCUT2D eigenvalue weighted by Crippen LogP contribution is -2.34. The zero-order valence-electron chi connectivity index (χ0n) is 19.7. The maximum atomic E-state index is 10.9. The third-order valence-electron chi connectivity index (χ3n) is 6.59. The van der Waals surface area contributed by atoms with Gasteiger partial charge in [-0.2, -0.15) is 4.57 Å². The fourth-order valence-corrected chi connectivity index (χ4v) is 5.55. The highest BCUT2D eigenvalue weighted by Gasteiger charge is 2.13. The monoisotopic (exact) mass is 484 g/mol. The van der Waals surface area contributed by atoms with Crippen molar-refractivity contribution in [2.24, 2.45) is 0 Å². The first-order valence-corrected chi connectivity index (χ1v) is 13.6. The predicted molar refractivity (Wildman–Crippen MR) is 142 cm³/mol. The molecule has 0 saturated carbocycles. The van der Waals surface area contributed by atoms with Crippen molar-refractivity contribution in [3.05, 3.63) is 90.1 Å². The number of para-hydroxylation sites is 2. The fraction of sp³-hybridized carbons (Fsp3) is 0.207. The van der Waals surface area contributed by atoms with Crippen LogP contribution in [0.15, 0.2) is 79.0 Å². The van der Waals surface area contributed by atoms with Crippen LogP contribution >= 0.6 is 0 Å². The molecule has 0 aliphatic rings. The van der Waals surface area contributed by atoms with Crippen LogP contribution < -0.4 is 4.57 Å². The molecule has 2 heterocycles. The number of nitrogens with zero attached hydrogens (tertiary/aromatic N) is 2. The van der Waals surface area contributed by atoms with Crippen molar-refractivity contribution in [3.8, 4) is 0 Å².